The van der Waals surface area contributed by atoms with Crippen LogP contribution >= 0.6 is 0 Å². The molecule has 0 bridgehead atoms. The predicted molar refractivity (Wildman–Crippen MR) is 94.2 cm³/mol. The summed E-state index contributed by atoms with van der Waals surface area (Å²) in [5.74, 6) is 0.673. The number of carbonyl (C=O) groups excluding carboxylic acids is 1. The van der Waals surface area contributed by atoms with Crippen LogP contribution in [0, 0.1) is 6.92 Å². The molecule has 23 heavy (non-hydrogen) atoms. The summed E-state index contributed by atoms with van der Waals surface area (Å²) in [5, 5.41) is 0. The summed E-state index contributed by atoms with van der Waals surface area (Å²) in [6.45, 7) is 8.03. The van der Waals surface area contributed by atoms with Crippen LogP contribution in [-0.4, -0.2) is 28.5 Å². The Balaban J connectivity index is 1.98. The molecule has 4 nitrogen and oxygen atoms in total. The summed E-state index contributed by atoms with van der Waals surface area (Å²) in [4.78, 5) is 19.6. The minimum atomic E-state index is -0.0395. The molecule has 0 atom stereocenters. The summed E-state index contributed by atoms with van der Waals surface area (Å²) >= 11 is 0. The van der Waals surface area contributed by atoms with Crippen molar-refractivity contribution in [3.05, 3.63) is 59.9 Å². The second-order valence-electron chi connectivity index (χ2n) is 5.51. The number of aryl methyl sites for hydroxylation is 1. The number of carbonyl (C=O) groups is 1. The van der Waals surface area contributed by atoms with Gasteiger partial charge in [-0.3, -0.25) is 9.36 Å². The van der Waals surface area contributed by atoms with Crippen LogP contribution < -0.4 is 4.90 Å². The maximum Gasteiger partial charge on any atom is 0.263 e. The molecule has 0 amide bonds. The molecule has 0 saturated carbocycles. The fraction of sp³-hybridized carbons (Fsp3) is 0.263. The molecule has 3 rings (SSSR count). The molecule has 0 unspecified atom stereocenters. The first kappa shape index (κ1) is 15.3. The van der Waals surface area contributed by atoms with Crippen molar-refractivity contribution in [3.8, 4) is 0 Å². The van der Waals surface area contributed by atoms with Crippen molar-refractivity contribution in [1.29, 1.82) is 0 Å². The van der Waals surface area contributed by atoms with Gasteiger partial charge in [0.1, 0.15) is 5.82 Å². The van der Waals surface area contributed by atoms with E-state index in [1.54, 1.807) is 4.57 Å². The van der Waals surface area contributed by atoms with E-state index in [1.807, 2.05) is 55.5 Å². The molecule has 0 spiro atoms. The molecule has 0 aliphatic heterocycles. The highest BCUT2D eigenvalue weighted by Crippen LogP contribution is 2.20. The molecular formula is C19H21N3O. The van der Waals surface area contributed by atoms with Gasteiger partial charge in [0.15, 0.2) is 0 Å². The second kappa shape index (κ2) is 6.24. The van der Waals surface area contributed by atoms with E-state index in [1.165, 1.54) is 0 Å². The summed E-state index contributed by atoms with van der Waals surface area (Å²) in [6, 6.07) is 15.5. The van der Waals surface area contributed by atoms with Crippen molar-refractivity contribution in [1.82, 2.24) is 9.55 Å². The fourth-order valence-corrected chi connectivity index (χ4v) is 2.94. The first-order valence-corrected chi connectivity index (χ1v) is 7.99. The number of nitrogens with zero attached hydrogens (tertiary/aromatic N) is 3. The maximum absolute atomic E-state index is 12.9. The Morgan fingerprint density at radius 2 is 1.70 bits per heavy atom. The normalized spacial score (nSPS) is 10.9. The smallest absolute Gasteiger partial charge is 0.263 e. The lowest BCUT2D eigenvalue weighted by Crippen LogP contribution is -2.22. The van der Waals surface area contributed by atoms with Gasteiger partial charge >= 0.3 is 0 Å². The quantitative estimate of drug-likeness (QED) is 0.734. The van der Waals surface area contributed by atoms with Crippen molar-refractivity contribution >= 4 is 22.6 Å². The fourth-order valence-electron chi connectivity index (χ4n) is 2.94. The first-order valence-electron chi connectivity index (χ1n) is 7.99. The summed E-state index contributed by atoms with van der Waals surface area (Å²) in [7, 11) is 0. The van der Waals surface area contributed by atoms with E-state index >= 15 is 0 Å². The Bertz CT molecular complexity index is 829. The van der Waals surface area contributed by atoms with Gasteiger partial charge in [-0.25, -0.2) is 4.98 Å². The zero-order valence-electron chi connectivity index (χ0n) is 13.8. The zero-order chi connectivity index (χ0) is 16.4. The van der Waals surface area contributed by atoms with Crippen LogP contribution in [0.25, 0.3) is 11.0 Å². The van der Waals surface area contributed by atoms with Crippen LogP contribution in [0.5, 0.6) is 0 Å². The Morgan fingerprint density at radius 3 is 2.35 bits per heavy atom. The van der Waals surface area contributed by atoms with E-state index < -0.39 is 0 Å². The molecule has 0 aliphatic rings. The third-order valence-electron chi connectivity index (χ3n) is 4.17. The third kappa shape index (κ3) is 2.72. The van der Waals surface area contributed by atoms with E-state index in [0.29, 0.717) is 11.4 Å². The number of rotatable bonds is 4. The average molecular weight is 307 g/mol. The molecule has 0 fully saturated rings. The molecule has 4 heteroatoms. The molecule has 0 N–H and O–H groups in total. The standard InChI is InChI=1S/C19H21N3O/c1-4-21(5-2)16-12-10-15(11-13-16)19(23)22-14(3)20-17-8-6-7-9-18(17)22/h6-13H,4-5H2,1-3H3. The van der Waals surface area contributed by atoms with E-state index in [-0.39, 0.29) is 5.91 Å². The molecule has 0 saturated heterocycles. The van der Waals surface area contributed by atoms with Crippen LogP contribution in [0.3, 0.4) is 0 Å². The summed E-state index contributed by atoms with van der Waals surface area (Å²) in [5.41, 5.74) is 3.51. The van der Waals surface area contributed by atoms with Gasteiger partial charge in [-0.15, -0.1) is 0 Å². The molecule has 118 valence electrons. The Morgan fingerprint density at radius 1 is 1.04 bits per heavy atom. The van der Waals surface area contributed by atoms with Gasteiger partial charge in [0.2, 0.25) is 0 Å². The van der Waals surface area contributed by atoms with Crippen molar-refractivity contribution in [2.75, 3.05) is 18.0 Å². The van der Waals surface area contributed by atoms with Gasteiger partial charge in [-0.05, 0) is 57.2 Å². The summed E-state index contributed by atoms with van der Waals surface area (Å²) < 4.78 is 1.68. The lowest BCUT2D eigenvalue weighted by molar-refractivity contribution is 0.0962. The van der Waals surface area contributed by atoms with Crippen LogP contribution in [-0.2, 0) is 0 Å². The third-order valence-corrected chi connectivity index (χ3v) is 4.17. The number of benzene rings is 2. The lowest BCUT2D eigenvalue weighted by atomic mass is 10.1. The van der Waals surface area contributed by atoms with Crippen molar-refractivity contribution < 1.29 is 4.79 Å². The number of hydrogen-bond donors (Lipinski definition) is 0. The van der Waals surface area contributed by atoms with Gasteiger partial charge in [0, 0.05) is 24.3 Å². The molecule has 0 aliphatic carbocycles. The van der Waals surface area contributed by atoms with Crippen molar-refractivity contribution in [2.24, 2.45) is 0 Å². The zero-order valence-corrected chi connectivity index (χ0v) is 13.8. The van der Waals surface area contributed by atoms with Gasteiger partial charge in [-0.2, -0.15) is 0 Å². The van der Waals surface area contributed by atoms with Crippen LogP contribution in [0.4, 0.5) is 5.69 Å². The van der Waals surface area contributed by atoms with Gasteiger partial charge < -0.3 is 4.90 Å². The maximum atomic E-state index is 12.9. The predicted octanol–water partition coefficient (Wildman–Crippen LogP) is 3.88. The minimum absolute atomic E-state index is 0.0395. The molecule has 1 heterocycles. The first-order chi connectivity index (χ1) is 11.2. The van der Waals surface area contributed by atoms with Crippen LogP contribution in [0.1, 0.15) is 30.0 Å². The van der Waals surface area contributed by atoms with Crippen molar-refractivity contribution in [3.63, 3.8) is 0 Å². The highest BCUT2D eigenvalue weighted by Gasteiger charge is 2.15. The Hall–Kier alpha value is -2.62. The SMILES string of the molecule is CCN(CC)c1ccc(C(=O)n2c(C)nc3ccccc32)cc1. The number of anilines is 1. The van der Waals surface area contributed by atoms with Gasteiger partial charge in [0.25, 0.3) is 5.91 Å². The second-order valence-corrected chi connectivity index (χ2v) is 5.51. The van der Waals surface area contributed by atoms with E-state index in [0.717, 1.165) is 29.8 Å². The number of hydrogen-bond acceptors (Lipinski definition) is 3. The number of para-hydroxylation sites is 2. The molecule has 1 aromatic heterocycles. The molecular weight excluding hydrogens is 286 g/mol. The molecule has 2 aromatic carbocycles. The lowest BCUT2D eigenvalue weighted by Gasteiger charge is -2.21. The van der Waals surface area contributed by atoms with E-state index in [9.17, 15) is 4.79 Å². The highest BCUT2D eigenvalue weighted by atomic mass is 16.2. The highest BCUT2D eigenvalue weighted by molar-refractivity contribution is 6.01. The minimum Gasteiger partial charge on any atom is -0.372 e. The Labute approximate surface area is 136 Å². The van der Waals surface area contributed by atoms with Crippen LogP contribution in [0.15, 0.2) is 48.5 Å². The van der Waals surface area contributed by atoms with E-state index in [4.69, 9.17) is 0 Å². The van der Waals surface area contributed by atoms with Gasteiger partial charge in [-0.1, -0.05) is 12.1 Å². The van der Waals surface area contributed by atoms with Gasteiger partial charge in [0.05, 0.1) is 11.0 Å². The van der Waals surface area contributed by atoms with E-state index in [2.05, 4.69) is 23.7 Å². The molecule has 3 aromatic rings. The number of aromatic nitrogens is 2. The molecule has 0 radical (unpaired) electrons. The Kier molecular flexibility index (Phi) is 4.15. The number of imidazole rings is 1. The topological polar surface area (TPSA) is 38.1 Å². The summed E-state index contributed by atoms with van der Waals surface area (Å²) in [6.07, 6.45) is 0. The monoisotopic (exact) mass is 307 g/mol. The van der Waals surface area contributed by atoms with Crippen molar-refractivity contribution in [2.45, 2.75) is 20.8 Å². The largest absolute Gasteiger partial charge is 0.372 e. The number of fused-ring (bicyclic) bond motifs is 1. The average Bonchev–Trinajstić information content (AvgIpc) is 2.91. The van der Waals surface area contributed by atoms with Crippen LogP contribution in [0.2, 0.25) is 0 Å².